The minimum Gasteiger partial charge on any atom is -0.446 e. The Morgan fingerprint density at radius 3 is 2.21 bits per heavy atom. The van der Waals surface area contributed by atoms with E-state index in [-0.39, 0.29) is 11.4 Å². The van der Waals surface area contributed by atoms with Gasteiger partial charge in [-0.05, 0) is 34.1 Å². The molecular weight excluding hydrogens is 494 g/mol. The van der Waals surface area contributed by atoms with E-state index in [2.05, 4.69) is 26.6 Å². The highest BCUT2D eigenvalue weighted by Gasteiger charge is 2.26. The van der Waals surface area contributed by atoms with E-state index in [4.69, 9.17) is 4.74 Å². The smallest absolute Gasteiger partial charge is 0.326 e. The fourth-order valence-corrected chi connectivity index (χ4v) is 3.30. The molecule has 168 valence electrons. The summed E-state index contributed by atoms with van der Waals surface area (Å²) < 4.78 is 5.66. The molecule has 0 aromatic heterocycles. The first-order chi connectivity index (χ1) is 15.8. The Balaban J connectivity index is 1.71. The van der Waals surface area contributed by atoms with Crippen molar-refractivity contribution in [2.45, 2.75) is 6.10 Å². The molecule has 3 aromatic rings. The number of non-ortho nitro benzene ring substituents is 1. The van der Waals surface area contributed by atoms with Crippen molar-refractivity contribution in [2.24, 2.45) is 0 Å². The van der Waals surface area contributed by atoms with Gasteiger partial charge in [0.05, 0.1) is 10.6 Å². The average Bonchev–Trinajstić information content (AvgIpc) is 2.83. The van der Waals surface area contributed by atoms with Crippen molar-refractivity contribution in [3.05, 3.63) is 105 Å². The van der Waals surface area contributed by atoms with Gasteiger partial charge in [-0.2, -0.15) is 0 Å². The van der Waals surface area contributed by atoms with Gasteiger partial charge < -0.3 is 15.4 Å². The highest BCUT2D eigenvalue weighted by Crippen LogP contribution is 2.29. The van der Waals surface area contributed by atoms with Gasteiger partial charge in [-0.15, -0.1) is 0 Å². The van der Waals surface area contributed by atoms with Gasteiger partial charge in [0.25, 0.3) is 17.5 Å². The molecule has 0 fully saturated rings. The summed E-state index contributed by atoms with van der Waals surface area (Å²) in [4.78, 5) is 47.8. The lowest BCUT2D eigenvalue weighted by molar-refractivity contribution is -0.384. The van der Waals surface area contributed by atoms with E-state index < -0.39 is 35.4 Å². The number of halogens is 1. The van der Waals surface area contributed by atoms with Crippen LogP contribution >= 0.6 is 15.9 Å². The molecule has 0 saturated heterocycles. The van der Waals surface area contributed by atoms with Gasteiger partial charge in [0, 0.05) is 27.7 Å². The number of nitrogens with one attached hydrogen (secondary N) is 2. The number of esters is 1. The Morgan fingerprint density at radius 2 is 1.61 bits per heavy atom. The van der Waals surface area contributed by atoms with Crippen LogP contribution < -0.4 is 10.6 Å². The summed E-state index contributed by atoms with van der Waals surface area (Å²) in [7, 11) is 0. The van der Waals surface area contributed by atoms with Crippen LogP contribution in [0.1, 0.15) is 22.0 Å². The topological polar surface area (TPSA) is 128 Å². The number of anilines is 1. The molecule has 0 radical (unpaired) electrons. The maximum Gasteiger partial charge on any atom is 0.326 e. The highest BCUT2D eigenvalue weighted by molar-refractivity contribution is 9.10. The minimum atomic E-state index is -1.31. The summed E-state index contributed by atoms with van der Waals surface area (Å²) in [6.07, 6.45) is -1.31. The Labute approximate surface area is 197 Å². The quantitative estimate of drug-likeness (QED) is 0.267. The molecule has 0 heterocycles. The van der Waals surface area contributed by atoms with Crippen molar-refractivity contribution in [2.75, 3.05) is 11.9 Å². The van der Waals surface area contributed by atoms with Crippen LogP contribution in [-0.2, 0) is 14.3 Å². The summed E-state index contributed by atoms with van der Waals surface area (Å²) in [5.41, 5.74) is 0.904. The largest absolute Gasteiger partial charge is 0.446 e. The summed E-state index contributed by atoms with van der Waals surface area (Å²) in [6.45, 7) is -0.439. The zero-order valence-corrected chi connectivity index (χ0v) is 18.7. The maximum atomic E-state index is 12.9. The number of rotatable bonds is 8. The second-order valence-corrected chi connectivity index (χ2v) is 7.59. The van der Waals surface area contributed by atoms with E-state index in [1.54, 1.807) is 60.7 Å². The zero-order chi connectivity index (χ0) is 23.8. The van der Waals surface area contributed by atoms with Gasteiger partial charge in [-0.3, -0.25) is 24.5 Å². The molecule has 3 rings (SSSR count). The van der Waals surface area contributed by atoms with E-state index in [1.807, 2.05) is 0 Å². The Bertz CT molecular complexity index is 1170. The monoisotopic (exact) mass is 511 g/mol. The van der Waals surface area contributed by atoms with Crippen LogP contribution in [0.25, 0.3) is 0 Å². The number of carbonyl (C=O) groups excluding carboxylic acids is 3. The lowest BCUT2D eigenvalue weighted by Crippen LogP contribution is -2.33. The number of amides is 2. The van der Waals surface area contributed by atoms with Crippen LogP contribution in [0, 0.1) is 10.1 Å². The standard InChI is InChI=1S/C23H18BrN3O6/c24-18-13-17(27(31)32)11-12-19(18)26-23(30)21(15-7-3-1-4-8-15)33-20(28)14-25-22(29)16-9-5-2-6-10-16/h1-13,21H,14H2,(H,25,29)(H,26,30)/t21-/m0/s1. The molecule has 3 aromatic carbocycles. The van der Waals surface area contributed by atoms with Crippen molar-refractivity contribution in [3.63, 3.8) is 0 Å². The molecular formula is C23H18BrN3O6. The maximum absolute atomic E-state index is 12.9. The summed E-state index contributed by atoms with van der Waals surface area (Å²) >= 11 is 3.19. The van der Waals surface area contributed by atoms with Gasteiger partial charge in [-0.1, -0.05) is 48.5 Å². The summed E-state index contributed by atoms with van der Waals surface area (Å²) in [6, 6.07) is 20.5. The van der Waals surface area contributed by atoms with Gasteiger partial charge in [0.1, 0.15) is 6.54 Å². The van der Waals surface area contributed by atoms with Gasteiger partial charge >= 0.3 is 5.97 Å². The first-order valence-corrected chi connectivity index (χ1v) is 10.5. The third-order valence-electron chi connectivity index (χ3n) is 4.44. The number of ether oxygens (including phenoxy) is 1. The second kappa shape index (κ2) is 11.0. The third kappa shape index (κ3) is 6.47. The number of hydrogen-bond acceptors (Lipinski definition) is 6. The van der Waals surface area contributed by atoms with Gasteiger partial charge in [0.2, 0.25) is 6.10 Å². The fraction of sp³-hybridized carbons (Fsp3) is 0.0870. The number of nitro groups is 1. The van der Waals surface area contributed by atoms with E-state index in [1.165, 1.54) is 18.2 Å². The van der Waals surface area contributed by atoms with Crippen LogP contribution in [0.4, 0.5) is 11.4 Å². The summed E-state index contributed by atoms with van der Waals surface area (Å²) in [5, 5.41) is 16.0. The first-order valence-electron chi connectivity index (χ1n) is 9.67. The van der Waals surface area contributed by atoms with E-state index >= 15 is 0 Å². The normalized spacial score (nSPS) is 11.2. The Kier molecular flexibility index (Phi) is 7.87. The van der Waals surface area contributed by atoms with Crippen molar-refractivity contribution in [3.8, 4) is 0 Å². The van der Waals surface area contributed by atoms with Crippen LogP contribution in [0.3, 0.4) is 0 Å². The van der Waals surface area contributed by atoms with E-state index in [0.717, 1.165) is 0 Å². The number of nitrogens with zero attached hydrogens (tertiary/aromatic N) is 1. The molecule has 9 nitrogen and oxygen atoms in total. The summed E-state index contributed by atoms with van der Waals surface area (Å²) in [5.74, 6) is -1.94. The SMILES string of the molecule is O=C(CNC(=O)c1ccccc1)O[C@H](C(=O)Nc1ccc([N+](=O)[O-])cc1Br)c1ccccc1. The van der Waals surface area contributed by atoms with Crippen LogP contribution in [0.15, 0.2) is 83.3 Å². The van der Waals surface area contributed by atoms with Crippen molar-refractivity contribution in [1.29, 1.82) is 0 Å². The molecule has 1 atom stereocenters. The molecule has 0 aliphatic rings. The predicted octanol–water partition coefficient (Wildman–Crippen LogP) is 4.01. The molecule has 0 saturated carbocycles. The number of benzene rings is 3. The van der Waals surface area contributed by atoms with Crippen molar-refractivity contribution < 1.29 is 24.0 Å². The van der Waals surface area contributed by atoms with E-state index in [0.29, 0.717) is 15.6 Å². The first kappa shape index (κ1) is 23.6. The second-order valence-electron chi connectivity index (χ2n) is 6.74. The molecule has 0 bridgehead atoms. The predicted molar refractivity (Wildman–Crippen MR) is 123 cm³/mol. The van der Waals surface area contributed by atoms with Gasteiger partial charge in [0.15, 0.2) is 0 Å². The number of carbonyl (C=O) groups is 3. The molecule has 0 unspecified atom stereocenters. The van der Waals surface area contributed by atoms with E-state index in [9.17, 15) is 24.5 Å². The minimum absolute atomic E-state index is 0.153. The van der Waals surface area contributed by atoms with Crippen LogP contribution in [0.2, 0.25) is 0 Å². The molecule has 10 heteroatoms. The molecule has 0 spiro atoms. The fourth-order valence-electron chi connectivity index (χ4n) is 2.84. The lowest BCUT2D eigenvalue weighted by atomic mass is 10.1. The van der Waals surface area contributed by atoms with Gasteiger partial charge in [-0.25, -0.2) is 0 Å². The molecule has 0 aliphatic heterocycles. The molecule has 33 heavy (non-hydrogen) atoms. The lowest BCUT2D eigenvalue weighted by Gasteiger charge is -2.19. The highest BCUT2D eigenvalue weighted by atomic mass is 79.9. The third-order valence-corrected chi connectivity index (χ3v) is 5.10. The molecule has 0 aliphatic carbocycles. The average molecular weight is 512 g/mol. The van der Waals surface area contributed by atoms with Crippen molar-refractivity contribution in [1.82, 2.24) is 5.32 Å². The van der Waals surface area contributed by atoms with Crippen LogP contribution in [0.5, 0.6) is 0 Å². The molecule has 2 N–H and O–H groups in total. The number of nitro benzene ring substituents is 1. The Hall–Kier alpha value is -4.05. The number of hydrogen-bond donors (Lipinski definition) is 2. The molecule has 2 amide bonds. The van der Waals surface area contributed by atoms with Crippen molar-refractivity contribution >= 4 is 45.1 Å². The van der Waals surface area contributed by atoms with Crippen LogP contribution in [-0.4, -0.2) is 29.3 Å². The Morgan fingerprint density at radius 1 is 0.970 bits per heavy atom. The zero-order valence-electron chi connectivity index (χ0n) is 17.1.